The van der Waals surface area contributed by atoms with Gasteiger partial charge in [-0.1, -0.05) is 24.3 Å². The summed E-state index contributed by atoms with van der Waals surface area (Å²) in [6.45, 7) is 3.88. The highest BCUT2D eigenvalue weighted by molar-refractivity contribution is 5.73. The molecule has 2 aromatic rings. The molecule has 1 aromatic carbocycles. The van der Waals surface area contributed by atoms with E-state index in [-0.39, 0.29) is 0 Å². The highest BCUT2D eigenvalue weighted by Crippen LogP contribution is 2.23. The number of hydrogen-bond acceptors (Lipinski definition) is 2. The second-order valence-corrected chi connectivity index (χ2v) is 3.14. The van der Waals surface area contributed by atoms with E-state index in [0.29, 0.717) is 5.82 Å². The number of anilines is 1. The SMILES string of the molecule is [CH2]c1cccc(-c2cccnc2N)c1. The van der Waals surface area contributed by atoms with Gasteiger partial charge in [-0.05, 0) is 30.2 Å². The highest BCUT2D eigenvalue weighted by Gasteiger charge is 2.01. The van der Waals surface area contributed by atoms with Gasteiger partial charge in [0.15, 0.2) is 0 Å². The summed E-state index contributed by atoms with van der Waals surface area (Å²) in [7, 11) is 0. The van der Waals surface area contributed by atoms with Crippen molar-refractivity contribution in [2.75, 3.05) is 5.73 Å². The Kier molecular flexibility index (Phi) is 2.19. The number of nitrogens with two attached hydrogens (primary N) is 1. The quantitative estimate of drug-likeness (QED) is 0.737. The topological polar surface area (TPSA) is 38.9 Å². The number of pyridine rings is 1. The van der Waals surface area contributed by atoms with Crippen LogP contribution in [0.3, 0.4) is 0 Å². The van der Waals surface area contributed by atoms with Gasteiger partial charge in [-0.2, -0.15) is 0 Å². The highest BCUT2D eigenvalue weighted by atomic mass is 14.8. The van der Waals surface area contributed by atoms with Crippen LogP contribution in [0.2, 0.25) is 0 Å². The minimum absolute atomic E-state index is 0.554. The summed E-state index contributed by atoms with van der Waals surface area (Å²) < 4.78 is 0. The van der Waals surface area contributed by atoms with E-state index in [0.717, 1.165) is 16.7 Å². The molecule has 0 aliphatic heterocycles. The molecule has 0 atom stereocenters. The Morgan fingerprint density at radius 2 is 2.00 bits per heavy atom. The number of nitrogens with zero attached hydrogens (tertiary/aromatic N) is 1. The Morgan fingerprint density at radius 1 is 1.14 bits per heavy atom. The monoisotopic (exact) mass is 183 g/mol. The Bertz CT molecular complexity index is 450. The molecule has 2 heteroatoms. The molecule has 2 N–H and O–H groups in total. The molecule has 1 radical (unpaired) electrons. The normalized spacial score (nSPS) is 10.1. The molecular formula is C12H11N2. The summed E-state index contributed by atoms with van der Waals surface area (Å²) in [4.78, 5) is 4.04. The van der Waals surface area contributed by atoms with E-state index < -0.39 is 0 Å². The van der Waals surface area contributed by atoms with Gasteiger partial charge < -0.3 is 5.73 Å². The molecule has 0 unspecified atom stereocenters. The maximum atomic E-state index is 5.77. The third-order valence-electron chi connectivity index (χ3n) is 2.08. The van der Waals surface area contributed by atoms with Crippen molar-refractivity contribution in [3.05, 3.63) is 55.1 Å². The van der Waals surface area contributed by atoms with Gasteiger partial charge in [-0.25, -0.2) is 4.98 Å². The summed E-state index contributed by atoms with van der Waals surface area (Å²) in [5.74, 6) is 0.554. The summed E-state index contributed by atoms with van der Waals surface area (Å²) in [6, 6.07) is 11.7. The average molecular weight is 183 g/mol. The first-order valence-corrected chi connectivity index (χ1v) is 4.40. The molecule has 1 aromatic heterocycles. The molecule has 14 heavy (non-hydrogen) atoms. The minimum atomic E-state index is 0.554. The Labute approximate surface area is 83.4 Å². The summed E-state index contributed by atoms with van der Waals surface area (Å²) in [6.07, 6.45) is 1.69. The standard InChI is InChI=1S/C12H11N2/c1-9-4-2-5-10(8-9)11-6-3-7-14-12(11)13/h2-8H,1H2,(H2,13,14). The number of rotatable bonds is 1. The zero-order valence-corrected chi connectivity index (χ0v) is 7.77. The lowest BCUT2D eigenvalue weighted by Gasteiger charge is -2.04. The van der Waals surface area contributed by atoms with Gasteiger partial charge in [0.25, 0.3) is 0 Å². The van der Waals surface area contributed by atoms with Crippen LogP contribution in [0, 0.1) is 6.92 Å². The molecule has 0 fully saturated rings. The third-order valence-corrected chi connectivity index (χ3v) is 2.08. The fourth-order valence-corrected chi connectivity index (χ4v) is 1.40. The van der Waals surface area contributed by atoms with E-state index in [2.05, 4.69) is 11.9 Å². The maximum Gasteiger partial charge on any atom is 0.131 e. The van der Waals surface area contributed by atoms with E-state index in [1.807, 2.05) is 36.4 Å². The lowest BCUT2D eigenvalue weighted by atomic mass is 10.0. The van der Waals surface area contributed by atoms with Crippen molar-refractivity contribution in [2.45, 2.75) is 0 Å². The summed E-state index contributed by atoms with van der Waals surface area (Å²) >= 11 is 0. The van der Waals surface area contributed by atoms with Crippen LogP contribution in [0.25, 0.3) is 11.1 Å². The van der Waals surface area contributed by atoms with E-state index in [1.54, 1.807) is 6.20 Å². The molecule has 69 valence electrons. The smallest absolute Gasteiger partial charge is 0.131 e. The first-order valence-electron chi connectivity index (χ1n) is 4.40. The molecule has 2 rings (SSSR count). The van der Waals surface area contributed by atoms with Gasteiger partial charge in [-0.15, -0.1) is 0 Å². The van der Waals surface area contributed by atoms with Gasteiger partial charge in [0, 0.05) is 11.8 Å². The zero-order chi connectivity index (χ0) is 9.97. The Balaban J connectivity index is 2.55. The van der Waals surface area contributed by atoms with Crippen molar-refractivity contribution in [2.24, 2.45) is 0 Å². The van der Waals surface area contributed by atoms with Crippen molar-refractivity contribution < 1.29 is 0 Å². The van der Waals surface area contributed by atoms with Crippen LogP contribution in [-0.4, -0.2) is 4.98 Å². The van der Waals surface area contributed by atoms with Crippen LogP contribution < -0.4 is 5.73 Å². The maximum absolute atomic E-state index is 5.77. The number of nitrogen functional groups attached to an aromatic ring is 1. The second-order valence-electron chi connectivity index (χ2n) is 3.14. The molecule has 0 bridgehead atoms. The van der Waals surface area contributed by atoms with Crippen LogP contribution in [-0.2, 0) is 0 Å². The molecule has 0 saturated carbocycles. The van der Waals surface area contributed by atoms with Gasteiger partial charge >= 0.3 is 0 Å². The predicted octanol–water partition coefficient (Wildman–Crippen LogP) is 2.51. The lowest BCUT2D eigenvalue weighted by Crippen LogP contribution is -1.92. The van der Waals surface area contributed by atoms with Crippen molar-refractivity contribution >= 4 is 5.82 Å². The lowest BCUT2D eigenvalue weighted by molar-refractivity contribution is 1.34. The first-order chi connectivity index (χ1) is 6.77. The van der Waals surface area contributed by atoms with Crippen LogP contribution in [0.15, 0.2) is 42.6 Å². The van der Waals surface area contributed by atoms with E-state index in [9.17, 15) is 0 Å². The van der Waals surface area contributed by atoms with Gasteiger partial charge in [0.2, 0.25) is 0 Å². The van der Waals surface area contributed by atoms with Gasteiger partial charge in [-0.3, -0.25) is 0 Å². The molecule has 1 heterocycles. The molecule has 0 aliphatic carbocycles. The fourth-order valence-electron chi connectivity index (χ4n) is 1.40. The third kappa shape index (κ3) is 1.59. The zero-order valence-electron chi connectivity index (χ0n) is 7.77. The van der Waals surface area contributed by atoms with Gasteiger partial charge in [0.05, 0.1) is 0 Å². The Hall–Kier alpha value is -1.83. The largest absolute Gasteiger partial charge is 0.383 e. The number of hydrogen-bond donors (Lipinski definition) is 1. The predicted molar refractivity (Wildman–Crippen MR) is 58.5 cm³/mol. The second kappa shape index (κ2) is 3.50. The first kappa shape index (κ1) is 8.75. The van der Waals surface area contributed by atoms with Crippen molar-refractivity contribution in [1.29, 1.82) is 0 Å². The van der Waals surface area contributed by atoms with E-state index in [1.165, 1.54) is 0 Å². The van der Waals surface area contributed by atoms with Gasteiger partial charge in [0.1, 0.15) is 5.82 Å². The summed E-state index contributed by atoms with van der Waals surface area (Å²) in [5.41, 5.74) is 8.76. The molecule has 2 nitrogen and oxygen atoms in total. The van der Waals surface area contributed by atoms with E-state index in [4.69, 9.17) is 5.73 Å². The summed E-state index contributed by atoms with van der Waals surface area (Å²) in [5, 5.41) is 0. The van der Waals surface area contributed by atoms with Crippen molar-refractivity contribution in [1.82, 2.24) is 4.98 Å². The molecule has 0 aliphatic rings. The molecular weight excluding hydrogens is 172 g/mol. The van der Waals surface area contributed by atoms with Crippen LogP contribution >= 0.6 is 0 Å². The minimum Gasteiger partial charge on any atom is -0.383 e. The van der Waals surface area contributed by atoms with Crippen LogP contribution in [0.1, 0.15) is 5.56 Å². The van der Waals surface area contributed by atoms with Crippen LogP contribution in [0.5, 0.6) is 0 Å². The number of benzene rings is 1. The van der Waals surface area contributed by atoms with E-state index >= 15 is 0 Å². The molecule has 0 saturated heterocycles. The van der Waals surface area contributed by atoms with Crippen molar-refractivity contribution in [3.8, 4) is 11.1 Å². The van der Waals surface area contributed by atoms with Crippen molar-refractivity contribution in [3.63, 3.8) is 0 Å². The van der Waals surface area contributed by atoms with Crippen LogP contribution in [0.4, 0.5) is 5.82 Å². The molecule has 0 amide bonds. The average Bonchev–Trinajstić information content (AvgIpc) is 2.18. The molecule has 0 spiro atoms. The fraction of sp³-hybridized carbons (Fsp3) is 0. The Morgan fingerprint density at radius 3 is 2.71 bits per heavy atom. The number of aromatic nitrogens is 1.